The molecule has 1 fully saturated rings. The fourth-order valence-electron chi connectivity index (χ4n) is 5.07. The Morgan fingerprint density at radius 1 is 0.930 bits per heavy atom. The van der Waals surface area contributed by atoms with E-state index in [2.05, 4.69) is 11.0 Å². The maximum absolute atomic E-state index is 13.0. The first-order chi connectivity index (χ1) is 21.0. The lowest BCUT2D eigenvalue weighted by molar-refractivity contribution is -0.132. The normalized spacial score (nSPS) is 13.3. The van der Waals surface area contributed by atoms with Crippen LogP contribution >= 0.6 is 0 Å². The van der Waals surface area contributed by atoms with Crippen LogP contribution < -0.4 is 19.6 Å². The molecule has 0 unspecified atom stereocenters. The summed E-state index contributed by atoms with van der Waals surface area (Å²) in [6.07, 6.45) is 1.59. The zero-order chi connectivity index (χ0) is 30.2. The third-order valence-corrected chi connectivity index (χ3v) is 7.49. The number of benzene rings is 3. The lowest BCUT2D eigenvalue weighted by atomic mass is 9.99. The van der Waals surface area contributed by atoms with Gasteiger partial charge in [-0.2, -0.15) is 5.26 Å². The van der Waals surface area contributed by atoms with Crippen molar-refractivity contribution < 1.29 is 23.4 Å². The summed E-state index contributed by atoms with van der Waals surface area (Å²) in [7, 11) is 3.18. The molecule has 0 radical (unpaired) electrons. The van der Waals surface area contributed by atoms with Crippen LogP contribution in [0.5, 0.6) is 17.2 Å². The summed E-state index contributed by atoms with van der Waals surface area (Å²) in [6.45, 7) is 3.17. The topological polar surface area (TPSA) is 105 Å². The minimum Gasteiger partial charge on any atom is -0.497 e. The van der Waals surface area contributed by atoms with Crippen LogP contribution in [0.2, 0.25) is 0 Å². The van der Waals surface area contributed by atoms with Crippen LogP contribution in [-0.2, 0) is 24.4 Å². The van der Waals surface area contributed by atoms with Crippen molar-refractivity contribution in [1.82, 2.24) is 9.80 Å². The van der Waals surface area contributed by atoms with Gasteiger partial charge in [-0.15, -0.1) is 0 Å². The number of hydrogen-bond donors (Lipinski definition) is 0. The number of rotatable bonds is 10. The zero-order valence-corrected chi connectivity index (χ0v) is 24.2. The molecule has 0 spiro atoms. The highest BCUT2D eigenvalue weighted by Gasteiger charge is 2.23. The Labute approximate surface area is 250 Å². The molecule has 220 valence electrons. The molecule has 43 heavy (non-hydrogen) atoms. The molecule has 5 rings (SSSR count). The van der Waals surface area contributed by atoms with Crippen LogP contribution in [-0.4, -0.2) is 56.1 Å². The van der Waals surface area contributed by atoms with Gasteiger partial charge in [-0.3, -0.25) is 14.5 Å². The molecule has 0 N–H and O–H groups in total. The molecular weight excluding hydrogens is 546 g/mol. The van der Waals surface area contributed by atoms with E-state index in [4.69, 9.17) is 18.6 Å². The van der Waals surface area contributed by atoms with E-state index in [1.54, 1.807) is 32.4 Å². The fraction of sp³-hybridized carbons (Fsp3) is 0.265. The fourth-order valence-corrected chi connectivity index (χ4v) is 5.07. The van der Waals surface area contributed by atoms with Crippen molar-refractivity contribution in [2.45, 2.75) is 19.6 Å². The maximum Gasteiger partial charge on any atom is 0.227 e. The molecular formula is C34H33N3O6. The molecule has 0 bridgehead atoms. The quantitative estimate of drug-likeness (QED) is 0.267. The van der Waals surface area contributed by atoms with Crippen molar-refractivity contribution in [2.24, 2.45) is 0 Å². The van der Waals surface area contributed by atoms with E-state index in [0.29, 0.717) is 55.5 Å². The van der Waals surface area contributed by atoms with Gasteiger partial charge in [-0.25, -0.2) is 0 Å². The standard InChI is InChI=1S/C34H33N3O6/c1-40-28-11-12-32(41-2)27(17-28)18-34(39)37-15-13-36(14-16-37)21-29-19-31(38)33(23-42-29)43-22-24-7-9-25(10-8-24)30-6-4-3-5-26(30)20-35/h3-12,17,19,23H,13-16,18,21-22H2,1-2H3. The Kier molecular flexibility index (Phi) is 9.39. The highest BCUT2D eigenvalue weighted by molar-refractivity contribution is 5.80. The van der Waals surface area contributed by atoms with E-state index in [1.165, 1.54) is 12.3 Å². The van der Waals surface area contributed by atoms with Crippen LogP contribution in [0.1, 0.15) is 22.5 Å². The minimum atomic E-state index is -0.248. The Bertz CT molecular complexity index is 1670. The second kappa shape index (κ2) is 13.7. The summed E-state index contributed by atoms with van der Waals surface area (Å²) in [5, 5.41) is 9.35. The van der Waals surface area contributed by atoms with Crippen LogP contribution in [0.4, 0.5) is 0 Å². The predicted octanol–water partition coefficient (Wildman–Crippen LogP) is 4.66. The molecule has 1 aliphatic rings. The van der Waals surface area contributed by atoms with Gasteiger partial charge in [0, 0.05) is 37.8 Å². The molecule has 0 aliphatic carbocycles. The van der Waals surface area contributed by atoms with Gasteiger partial charge in [0.1, 0.15) is 30.1 Å². The Balaban J connectivity index is 1.11. The summed E-state index contributed by atoms with van der Waals surface area (Å²) in [6, 6.07) is 24.3. The molecule has 1 aliphatic heterocycles. The molecule has 1 amide bonds. The summed E-state index contributed by atoms with van der Waals surface area (Å²) in [5.74, 6) is 2.05. The predicted molar refractivity (Wildman–Crippen MR) is 161 cm³/mol. The third kappa shape index (κ3) is 7.23. The molecule has 2 heterocycles. The van der Waals surface area contributed by atoms with Crippen molar-refractivity contribution in [3.63, 3.8) is 0 Å². The molecule has 9 heteroatoms. The second-order valence-corrected chi connectivity index (χ2v) is 10.2. The summed E-state index contributed by atoms with van der Waals surface area (Å²) in [5.41, 5.74) is 3.85. The van der Waals surface area contributed by atoms with Gasteiger partial charge in [0.2, 0.25) is 17.1 Å². The van der Waals surface area contributed by atoms with Crippen molar-refractivity contribution in [3.05, 3.63) is 112 Å². The lowest BCUT2D eigenvalue weighted by Gasteiger charge is -2.34. The number of carbonyl (C=O) groups is 1. The monoisotopic (exact) mass is 579 g/mol. The van der Waals surface area contributed by atoms with E-state index in [1.807, 2.05) is 53.4 Å². The molecule has 0 saturated carbocycles. The Morgan fingerprint density at radius 3 is 2.40 bits per heavy atom. The largest absolute Gasteiger partial charge is 0.497 e. The highest BCUT2D eigenvalue weighted by atomic mass is 16.5. The SMILES string of the molecule is COc1ccc(OC)c(CC(=O)N2CCN(Cc3cc(=O)c(OCc4ccc(-c5ccccc5C#N)cc4)co3)CC2)c1. The summed E-state index contributed by atoms with van der Waals surface area (Å²) in [4.78, 5) is 29.7. The van der Waals surface area contributed by atoms with Crippen molar-refractivity contribution in [1.29, 1.82) is 5.26 Å². The van der Waals surface area contributed by atoms with Crippen LogP contribution in [0.15, 0.2) is 88.3 Å². The number of amides is 1. The zero-order valence-electron chi connectivity index (χ0n) is 24.2. The average molecular weight is 580 g/mol. The Hall–Kier alpha value is -5.07. The smallest absolute Gasteiger partial charge is 0.227 e. The first kappa shape index (κ1) is 29.4. The van der Waals surface area contributed by atoms with Gasteiger partial charge in [0.15, 0.2) is 0 Å². The summed E-state index contributed by atoms with van der Waals surface area (Å²) >= 11 is 0. The maximum atomic E-state index is 13.0. The second-order valence-electron chi connectivity index (χ2n) is 10.2. The van der Waals surface area contributed by atoms with Gasteiger partial charge in [-0.1, -0.05) is 42.5 Å². The van der Waals surface area contributed by atoms with Gasteiger partial charge in [0.05, 0.1) is 38.8 Å². The summed E-state index contributed by atoms with van der Waals surface area (Å²) < 4.78 is 22.2. The van der Waals surface area contributed by atoms with Crippen LogP contribution in [0.3, 0.4) is 0 Å². The van der Waals surface area contributed by atoms with E-state index >= 15 is 0 Å². The molecule has 9 nitrogen and oxygen atoms in total. The lowest BCUT2D eigenvalue weighted by Crippen LogP contribution is -2.48. The highest BCUT2D eigenvalue weighted by Crippen LogP contribution is 2.26. The third-order valence-electron chi connectivity index (χ3n) is 7.49. The van der Waals surface area contributed by atoms with Gasteiger partial charge in [-0.05, 0) is 41.0 Å². The van der Waals surface area contributed by atoms with Gasteiger partial charge < -0.3 is 23.5 Å². The number of hydrogen-bond acceptors (Lipinski definition) is 8. The molecule has 1 saturated heterocycles. The van der Waals surface area contributed by atoms with Gasteiger partial charge in [0.25, 0.3) is 0 Å². The van der Waals surface area contributed by atoms with E-state index in [0.717, 1.165) is 22.3 Å². The average Bonchev–Trinajstić information content (AvgIpc) is 3.05. The van der Waals surface area contributed by atoms with E-state index in [9.17, 15) is 14.9 Å². The van der Waals surface area contributed by atoms with Crippen molar-refractivity contribution in [2.75, 3.05) is 40.4 Å². The molecule has 0 atom stereocenters. The van der Waals surface area contributed by atoms with Crippen molar-refractivity contribution >= 4 is 5.91 Å². The number of piperazine rings is 1. The number of carbonyl (C=O) groups excluding carboxylic acids is 1. The number of methoxy groups -OCH3 is 2. The first-order valence-electron chi connectivity index (χ1n) is 14.0. The number of nitriles is 1. The minimum absolute atomic E-state index is 0.0286. The van der Waals surface area contributed by atoms with Crippen LogP contribution in [0, 0.1) is 11.3 Å². The number of ether oxygens (including phenoxy) is 3. The van der Waals surface area contributed by atoms with Crippen LogP contribution in [0.25, 0.3) is 11.1 Å². The van der Waals surface area contributed by atoms with E-state index < -0.39 is 0 Å². The first-order valence-corrected chi connectivity index (χ1v) is 14.0. The molecule has 3 aromatic carbocycles. The molecule has 4 aromatic rings. The van der Waals surface area contributed by atoms with Crippen molar-refractivity contribution in [3.8, 4) is 34.4 Å². The van der Waals surface area contributed by atoms with E-state index in [-0.39, 0.29) is 30.1 Å². The Morgan fingerprint density at radius 2 is 1.70 bits per heavy atom. The molecule has 1 aromatic heterocycles. The van der Waals surface area contributed by atoms with Gasteiger partial charge >= 0.3 is 0 Å². The number of nitrogens with zero attached hydrogens (tertiary/aromatic N) is 3.